The minimum absolute atomic E-state index is 0.181. The second-order valence-corrected chi connectivity index (χ2v) is 5.85. The maximum atomic E-state index is 12.1. The first-order valence-electron chi connectivity index (χ1n) is 7.70. The van der Waals surface area contributed by atoms with Gasteiger partial charge in [-0.2, -0.15) is 0 Å². The topological polar surface area (TPSA) is 86.8 Å². The van der Waals surface area contributed by atoms with Gasteiger partial charge < -0.3 is 19.5 Å². The van der Waals surface area contributed by atoms with Crippen LogP contribution in [0.2, 0.25) is 0 Å². The summed E-state index contributed by atoms with van der Waals surface area (Å²) < 4.78 is 15.3. The number of hydrogen-bond acceptors (Lipinski definition) is 7. The van der Waals surface area contributed by atoms with Crippen LogP contribution in [0.4, 0.5) is 5.13 Å². The van der Waals surface area contributed by atoms with Crippen molar-refractivity contribution in [1.82, 2.24) is 4.98 Å². The molecule has 0 saturated carbocycles. The lowest BCUT2D eigenvalue weighted by molar-refractivity contribution is -0.116. The molecule has 1 heterocycles. The predicted octanol–water partition coefficient (Wildman–Crippen LogP) is 2.91. The number of thiazole rings is 1. The zero-order valence-electron chi connectivity index (χ0n) is 14.3. The van der Waals surface area contributed by atoms with Gasteiger partial charge in [-0.25, -0.2) is 9.78 Å². The molecular weight excluding hydrogens is 344 g/mol. The van der Waals surface area contributed by atoms with Gasteiger partial charge in [0.05, 0.1) is 20.8 Å². The fraction of sp³-hybridized carbons (Fsp3) is 0.353. The molecule has 1 aromatic carbocycles. The second kappa shape index (κ2) is 9.03. The highest BCUT2D eigenvalue weighted by atomic mass is 32.1. The Balaban J connectivity index is 1.89. The summed E-state index contributed by atoms with van der Waals surface area (Å²) in [5, 5.41) is 4.62. The number of hydrogen-bond donors (Lipinski definition) is 1. The Morgan fingerprint density at radius 2 is 1.96 bits per heavy atom. The third-order valence-electron chi connectivity index (χ3n) is 3.32. The number of methoxy groups -OCH3 is 2. The number of aryl methyl sites for hydroxylation is 1. The molecule has 1 aromatic heterocycles. The molecule has 2 aromatic rings. The van der Waals surface area contributed by atoms with E-state index in [1.165, 1.54) is 11.3 Å². The molecule has 1 N–H and O–H groups in total. The quantitative estimate of drug-likeness (QED) is 0.725. The molecule has 7 nitrogen and oxygen atoms in total. The van der Waals surface area contributed by atoms with Crippen molar-refractivity contribution in [2.24, 2.45) is 0 Å². The fourth-order valence-electron chi connectivity index (χ4n) is 2.11. The lowest BCUT2D eigenvalue weighted by Crippen LogP contribution is -2.13. The molecule has 2 rings (SSSR count). The van der Waals surface area contributed by atoms with E-state index in [0.717, 1.165) is 5.56 Å². The molecule has 8 heteroatoms. The van der Waals surface area contributed by atoms with E-state index >= 15 is 0 Å². The van der Waals surface area contributed by atoms with Gasteiger partial charge in [0.25, 0.3) is 0 Å². The lowest BCUT2D eigenvalue weighted by Gasteiger charge is -2.09. The number of carbonyl (C=O) groups is 2. The van der Waals surface area contributed by atoms with E-state index in [1.54, 1.807) is 32.6 Å². The van der Waals surface area contributed by atoms with Crippen LogP contribution in [0.15, 0.2) is 23.6 Å². The smallest absolute Gasteiger partial charge is 0.357 e. The van der Waals surface area contributed by atoms with Crippen molar-refractivity contribution in [3.05, 3.63) is 34.8 Å². The monoisotopic (exact) mass is 364 g/mol. The maximum Gasteiger partial charge on any atom is 0.357 e. The second-order valence-electron chi connectivity index (χ2n) is 5.00. The normalized spacial score (nSPS) is 10.2. The molecule has 0 aliphatic rings. The molecule has 0 radical (unpaired) electrons. The van der Waals surface area contributed by atoms with Gasteiger partial charge in [0.15, 0.2) is 22.3 Å². The van der Waals surface area contributed by atoms with Crippen LogP contribution in [-0.2, 0) is 16.0 Å². The van der Waals surface area contributed by atoms with Crippen molar-refractivity contribution < 1.29 is 23.8 Å². The Morgan fingerprint density at radius 3 is 2.64 bits per heavy atom. The summed E-state index contributed by atoms with van der Waals surface area (Å²) in [7, 11) is 3.14. The Bertz CT molecular complexity index is 744. The standard InChI is InChI=1S/C17H20N2O5S/c1-4-24-16(21)12-10-25-17(18-12)19-15(20)8-6-11-5-7-13(22-2)14(9-11)23-3/h5,7,9-10H,4,6,8H2,1-3H3,(H,18,19,20). The van der Waals surface area contributed by atoms with Crippen molar-refractivity contribution in [3.8, 4) is 11.5 Å². The van der Waals surface area contributed by atoms with Crippen LogP contribution in [0, 0.1) is 0 Å². The van der Waals surface area contributed by atoms with Gasteiger partial charge >= 0.3 is 5.97 Å². The summed E-state index contributed by atoms with van der Waals surface area (Å²) in [6, 6.07) is 5.53. The van der Waals surface area contributed by atoms with E-state index in [-0.39, 0.29) is 24.6 Å². The molecule has 0 aliphatic carbocycles. The third-order valence-corrected chi connectivity index (χ3v) is 4.08. The molecule has 0 bridgehead atoms. The zero-order chi connectivity index (χ0) is 18.2. The molecule has 1 amide bonds. The van der Waals surface area contributed by atoms with Crippen LogP contribution in [0.25, 0.3) is 0 Å². The summed E-state index contributed by atoms with van der Waals surface area (Å²) in [6.45, 7) is 2.00. The van der Waals surface area contributed by atoms with E-state index in [1.807, 2.05) is 12.1 Å². The van der Waals surface area contributed by atoms with Crippen molar-refractivity contribution in [2.75, 3.05) is 26.1 Å². The van der Waals surface area contributed by atoms with Gasteiger partial charge in [0.1, 0.15) is 0 Å². The Hall–Kier alpha value is -2.61. The summed E-state index contributed by atoms with van der Waals surface area (Å²) in [6.07, 6.45) is 0.825. The molecule has 0 saturated heterocycles. The van der Waals surface area contributed by atoms with Gasteiger partial charge in [-0.1, -0.05) is 6.07 Å². The van der Waals surface area contributed by atoms with Gasteiger partial charge in [-0.05, 0) is 31.0 Å². The van der Waals surface area contributed by atoms with E-state index < -0.39 is 5.97 Å². The third kappa shape index (κ3) is 5.18. The van der Waals surface area contributed by atoms with Crippen LogP contribution < -0.4 is 14.8 Å². The van der Waals surface area contributed by atoms with Crippen LogP contribution in [0.1, 0.15) is 29.4 Å². The van der Waals surface area contributed by atoms with Crippen molar-refractivity contribution in [3.63, 3.8) is 0 Å². The van der Waals surface area contributed by atoms with Crippen molar-refractivity contribution in [1.29, 1.82) is 0 Å². The Morgan fingerprint density at radius 1 is 1.20 bits per heavy atom. The first kappa shape index (κ1) is 18.7. The maximum absolute atomic E-state index is 12.1. The van der Waals surface area contributed by atoms with E-state index in [9.17, 15) is 9.59 Å². The van der Waals surface area contributed by atoms with E-state index in [2.05, 4.69) is 10.3 Å². The number of aromatic nitrogens is 1. The number of benzene rings is 1. The molecule has 0 aliphatic heterocycles. The largest absolute Gasteiger partial charge is 0.493 e. The highest BCUT2D eigenvalue weighted by Crippen LogP contribution is 2.28. The van der Waals surface area contributed by atoms with Crippen molar-refractivity contribution in [2.45, 2.75) is 19.8 Å². The van der Waals surface area contributed by atoms with E-state index in [4.69, 9.17) is 14.2 Å². The number of nitrogens with one attached hydrogen (secondary N) is 1. The molecule has 25 heavy (non-hydrogen) atoms. The van der Waals surface area contributed by atoms with Crippen molar-refractivity contribution >= 4 is 28.3 Å². The highest BCUT2D eigenvalue weighted by Gasteiger charge is 2.13. The summed E-state index contributed by atoms with van der Waals surface area (Å²) in [5.74, 6) is 0.591. The lowest BCUT2D eigenvalue weighted by atomic mass is 10.1. The predicted molar refractivity (Wildman–Crippen MR) is 94.6 cm³/mol. The summed E-state index contributed by atoms with van der Waals surface area (Å²) >= 11 is 1.18. The highest BCUT2D eigenvalue weighted by molar-refractivity contribution is 7.14. The fourth-order valence-corrected chi connectivity index (χ4v) is 2.80. The van der Waals surface area contributed by atoms with E-state index in [0.29, 0.717) is 23.1 Å². The minimum atomic E-state index is -0.496. The molecule has 0 atom stereocenters. The summed E-state index contributed by atoms with van der Waals surface area (Å²) in [4.78, 5) is 27.7. The van der Waals surface area contributed by atoms with Crippen LogP contribution in [-0.4, -0.2) is 37.7 Å². The Labute approximate surface area is 149 Å². The van der Waals surface area contributed by atoms with Crippen LogP contribution >= 0.6 is 11.3 Å². The number of rotatable bonds is 8. The number of nitrogens with zero attached hydrogens (tertiary/aromatic N) is 1. The summed E-state index contributed by atoms with van der Waals surface area (Å²) in [5.41, 5.74) is 1.15. The van der Waals surface area contributed by atoms with Gasteiger partial charge in [0.2, 0.25) is 5.91 Å². The SMILES string of the molecule is CCOC(=O)c1csc(NC(=O)CCc2ccc(OC)c(OC)c2)n1. The number of esters is 1. The molecule has 134 valence electrons. The molecule has 0 fully saturated rings. The molecule has 0 spiro atoms. The first-order chi connectivity index (χ1) is 12.1. The average Bonchev–Trinajstić information content (AvgIpc) is 3.08. The Kier molecular flexibility index (Phi) is 6.76. The average molecular weight is 364 g/mol. The molecular formula is C17H20N2O5S. The van der Waals surface area contributed by atoms with Gasteiger partial charge in [-0.15, -0.1) is 11.3 Å². The first-order valence-corrected chi connectivity index (χ1v) is 8.58. The molecule has 0 unspecified atom stereocenters. The van der Waals surface area contributed by atoms with Gasteiger partial charge in [0, 0.05) is 11.8 Å². The number of ether oxygens (including phenoxy) is 3. The van der Waals surface area contributed by atoms with Crippen LogP contribution in [0.3, 0.4) is 0 Å². The van der Waals surface area contributed by atoms with Crippen LogP contribution in [0.5, 0.6) is 11.5 Å². The minimum Gasteiger partial charge on any atom is -0.493 e. The number of amides is 1. The zero-order valence-corrected chi connectivity index (χ0v) is 15.1. The number of carbonyl (C=O) groups excluding carboxylic acids is 2. The number of anilines is 1. The van der Waals surface area contributed by atoms with Gasteiger partial charge in [-0.3, -0.25) is 4.79 Å².